The van der Waals surface area contributed by atoms with E-state index in [1.165, 1.54) is 0 Å². The molecular formula is C17H19N5O. The highest BCUT2D eigenvalue weighted by Crippen LogP contribution is 2.18. The number of carbonyl (C=O) groups excluding carboxylic acids is 1. The minimum absolute atomic E-state index is 0.00715. The van der Waals surface area contributed by atoms with Gasteiger partial charge in [-0.05, 0) is 36.8 Å². The molecule has 0 spiro atoms. The van der Waals surface area contributed by atoms with Gasteiger partial charge in [-0.15, -0.1) is 0 Å². The molecule has 0 unspecified atom stereocenters. The van der Waals surface area contributed by atoms with E-state index in [0.29, 0.717) is 17.8 Å². The summed E-state index contributed by atoms with van der Waals surface area (Å²) < 4.78 is 1.65. The molecule has 2 heterocycles. The van der Waals surface area contributed by atoms with Gasteiger partial charge in [-0.25, -0.2) is 0 Å². The van der Waals surface area contributed by atoms with E-state index in [1.54, 1.807) is 16.9 Å². The van der Waals surface area contributed by atoms with E-state index in [2.05, 4.69) is 16.1 Å². The van der Waals surface area contributed by atoms with E-state index in [0.717, 1.165) is 31.7 Å². The van der Waals surface area contributed by atoms with Gasteiger partial charge in [0.05, 0.1) is 11.6 Å². The van der Waals surface area contributed by atoms with Crippen molar-refractivity contribution in [3.63, 3.8) is 0 Å². The Labute approximate surface area is 135 Å². The summed E-state index contributed by atoms with van der Waals surface area (Å²) in [5, 5.41) is 13.1. The van der Waals surface area contributed by atoms with Crippen molar-refractivity contribution in [2.75, 3.05) is 31.1 Å². The van der Waals surface area contributed by atoms with Crippen molar-refractivity contribution in [2.24, 2.45) is 7.05 Å². The van der Waals surface area contributed by atoms with Crippen LogP contribution >= 0.6 is 0 Å². The van der Waals surface area contributed by atoms with E-state index >= 15 is 0 Å². The minimum atomic E-state index is -0.00715. The number of nitrogens with zero attached hydrogens (tertiary/aromatic N) is 5. The highest BCUT2D eigenvalue weighted by Gasteiger charge is 2.21. The molecule has 23 heavy (non-hydrogen) atoms. The van der Waals surface area contributed by atoms with Gasteiger partial charge in [0.2, 0.25) is 0 Å². The standard InChI is InChI=1S/C17H19N5O/c1-20-10-7-16(19-20)17(23)22-9-2-8-21(11-12-22)15-5-3-14(13-18)4-6-15/h3-7,10H,2,8-9,11-12H2,1H3. The van der Waals surface area contributed by atoms with Crippen LogP contribution in [0.1, 0.15) is 22.5 Å². The number of amides is 1. The molecule has 0 atom stereocenters. The summed E-state index contributed by atoms with van der Waals surface area (Å²) in [6.45, 7) is 3.10. The highest BCUT2D eigenvalue weighted by molar-refractivity contribution is 5.92. The van der Waals surface area contributed by atoms with E-state index in [1.807, 2.05) is 36.2 Å². The topological polar surface area (TPSA) is 65.2 Å². The maximum absolute atomic E-state index is 12.5. The number of rotatable bonds is 2. The van der Waals surface area contributed by atoms with Crippen molar-refractivity contribution in [1.82, 2.24) is 14.7 Å². The third-order valence-corrected chi connectivity index (χ3v) is 4.08. The van der Waals surface area contributed by atoms with Gasteiger partial charge in [0.15, 0.2) is 0 Å². The van der Waals surface area contributed by atoms with Crippen LogP contribution in [-0.4, -0.2) is 46.8 Å². The second-order valence-corrected chi connectivity index (χ2v) is 5.67. The molecule has 0 radical (unpaired) electrons. The van der Waals surface area contributed by atoms with Gasteiger partial charge in [-0.1, -0.05) is 0 Å². The fourth-order valence-corrected chi connectivity index (χ4v) is 2.82. The molecule has 3 rings (SSSR count). The van der Waals surface area contributed by atoms with Crippen LogP contribution in [0.15, 0.2) is 36.5 Å². The first kappa shape index (κ1) is 15.1. The minimum Gasteiger partial charge on any atom is -0.370 e. The van der Waals surface area contributed by atoms with Crippen molar-refractivity contribution >= 4 is 11.6 Å². The quantitative estimate of drug-likeness (QED) is 0.846. The first-order chi connectivity index (χ1) is 11.2. The van der Waals surface area contributed by atoms with E-state index in [4.69, 9.17) is 5.26 Å². The molecule has 1 amide bonds. The summed E-state index contributed by atoms with van der Waals surface area (Å²) in [6, 6.07) is 11.5. The molecule has 6 nitrogen and oxygen atoms in total. The van der Waals surface area contributed by atoms with Crippen LogP contribution in [0, 0.1) is 11.3 Å². The zero-order chi connectivity index (χ0) is 16.2. The van der Waals surface area contributed by atoms with Gasteiger partial charge >= 0.3 is 0 Å². The Morgan fingerprint density at radius 3 is 2.57 bits per heavy atom. The monoisotopic (exact) mass is 309 g/mol. The summed E-state index contributed by atoms with van der Waals surface area (Å²) in [5.41, 5.74) is 2.26. The molecule has 0 saturated carbocycles. The molecular weight excluding hydrogens is 290 g/mol. The molecule has 1 fully saturated rings. The van der Waals surface area contributed by atoms with Crippen LogP contribution < -0.4 is 4.90 Å². The van der Waals surface area contributed by atoms with Crippen molar-refractivity contribution in [2.45, 2.75) is 6.42 Å². The molecule has 1 saturated heterocycles. The molecule has 1 aliphatic heterocycles. The Hall–Kier alpha value is -2.81. The third-order valence-electron chi connectivity index (χ3n) is 4.08. The second-order valence-electron chi connectivity index (χ2n) is 5.67. The molecule has 0 bridgehead atoms. The SMILES string of the molecule is Cn1ccc(C(=O)N2CCCN(c3ccc(C#N)cc3)CC2)n1. The number of aromatic nitrogens is 2. The first-order valence-corrected chi connectivity index (χ1v) is 7.71. The van der Waals surface area contributed by atoms with Gasteiger partial charge in [-0.2, -0.15) is 10.4 Å². The average Bonchev–Trinajstić information content (AvgIpc) is 2.87. The van der Waals surface area contributed by atoms with Crippen LogP contribution in [0.2, 0.25) is 0 Å². The summed E-state index contributed by atoms with van der Waals surface area (Å²) in [6.07, 6.45) is 2.70. The zero-order valence-corrected chi connectivity index (χ0v) is 13.1. The summed E-state index contributed by atoms with van der Waals surface area (Å²) in [7, 11) is 1.81. The van der Waals surface area contributed by atoms with Gasteiger partial charge in [0.25, 0.3) is 5.91 Å². The molecule has 0 aliphatic carbocycles. The highest BCUT2D eigenvalue weighted by atomic mass is 16.2. The molecule has 6 heteroatoms. The van der Waals surface area contributed by atoms with Crippen LogP contribution in [-0.2, 0) is 7.05 Å². The lowest BCUT2D eigenvalue weighted by atomic mass is 10.2. The molecule has 1 aromatic carbocycles. The number of nitriles is 1. The van der Waals surface area contributed by atoms with Gasteiger partial charge in [0, 0.05) is 45.1 Å². The maximum atomic E-state index is 12.5. The Bertz CT molecular complexity index is 728. The van der Waals surface area contributed by atoms with Crippen molar-refractivity contribution in [1.29, 1.82) is 5.26 Å². The largest absolute Gasteiger partial charge is 0.370 e. The Kier molecular flexibility index (Phi) is 4.29. The molecule has 0 N–H and O–H groups in total. The predicted octanol–water partition coefficient (Wildman–Crippen LogP) is 1.64. The van der Waals surface area contributed by atoms with Crippen LogP contribution in [0.3, 0.4) is 0 Å². The summed E-state index contributed by atoms with van der Waals surface area (Å²) in [4.78, 5) is 16.6. The van der Waals surface area contributed by atoms with Crippen LogP contribution in [0.25, 0.3) is 0 Å². The fourth-order valence-electron chi connectivity index (χ4n) is 2.82. The van der Waals surface area contributed by atoms with E-state index in [9.17, 15) is 4.79 Å². The van der Waals surface area contributed by atoms with Gasteiger partial charge in [0.1, 0.15) is 5.69 Å². The lowest BCUT2D eigenvalue weighted by Gasteiger charge is -2.23. The fraction of sp³-hybridized carbons (Fsp3) is 0.353. The Morgan fingerprint density at radius 2 is 1.91 bits per heavy atom. The molecule has 118 valence electrons. The van der Waals surface area contributed by atoms with E-state index < -0.39 is 0 Å². The smallest absolute Gasteiger partial charge is 0.274 e. The normalized spacial score (nSPS) is 15.1. The molecule has 1 aliphatic rings. The van der Waals surface area contributed by atoms with Gasteiger partial charge < -0.3 is 9.80 Å². The first-order valence-electron chi connectivity index (χ1n) is 7.71. The lowest BCUT2D eigenvalue weighted by molar-refractivity contribution is 0.0760. The number of benzene rings is 1. The van der Waals surface area contributed by atoms with Gasteiger partial charge in [-0.3, -0.25) is 9.48 Å². The third kappa shape index (κ3) is 3.34. The molecule has 1 aromatic heterocycles. The molecule has 2 aromatic rings. The lowest BCUT2D eigenvalue weighted by Crippen LogP contribution is -2.35. The zero-order valence-electron chi connectivity index (χ0n) is 13.1. The summed E-state index contributed by atoms with van der Waals surface area (Å²) in [5.74, 6) is -0.00715. The van der Waals surface area contributed by atoms with Crippen molar-refractivity contribution in [3.8, 4) is 6.07 Å². The number of carbonyl (C=O) groups is 1. The maximum Gasteiger partial charge on any atom is 0.274 e. The van der Waals surface area contributed by atoms with Crippen LogP contribution in [0.5, 0.6) is 0 Å². The van der Waals surface area contributed by atoms with Crippen molar-refractivity contribution < 1.29 is 4.79 Å². The Balaban J connectivity index is 1.67. The van der Waals surface area contributed by atoms with E-state index in [-0.39, 0.29) is 5.91 Å². The average molecular weight is 309 g/mol. The second kappa shape index (κ2) is 6.53. The summed E-state index contributed by atoms with van der Waals surface area (Å²) >= 11 is 0. The number of hydrogen-bond acceptors (Lipinski definition) is 4. The Morgan fingerprint density at radius 1 is 1.13 bits per heavy atom. The van der Waals surface area contributed by atoms with Crippen LogP contribution in [0.4, 0.5) is 5.69 Å². The number of aryl methyl sites for hydroxylation is 1. The predicted molar refractivity (Wildman–Crippen MR) is 87.1 cm³/mol. The number of hydrogen-bond donors (Lipinski definition) is 0. The number of anilines is 1. The van der Waals surface area contributed by atoms with Crippen molar-refractivity contribution in [3.05, 3.63) is 47.8 Å².